The molecule has 2 heterocycles. The first kappa shape index (κ1) is 13.8. The van der Waals surface area contributed by atoms with E-state index in [9.17, 15) is 4.39 Å². The van der Waals surface area contributed by atoms with E-state index in [4.69, 9.17) is 5.73 Å². The summed E-state index contributed by atoms with van der Waals surface area (Å²) < 4.78 is 13.5. The van der Waals surface area contributed by atoms with Crippen molar-refractivity contribution in [3.8, 4) is 0 Å². The van der Waals surface area contributed by atoms with Crippen LogP contribution in [-0.2, 0) is 12.8 Å². The van der Waals surface area contributed by atoms with E-state index in [1.807, 2.05) is 17.9 Å². The Morgan fingerprint density at radius 3 is 2.90 bits per heavy atom. The molecule has 0 saturated carbocycles. The van der Waals surface area contributed by atoms with Gasteiger partial charge in [-0.2, -0.15) is 0 Å². The first-order valence-corrected chi connectivity index (χ1v) is 7.29. The monoisotopic (exact) mass is 286 g/mol. The Balaban J connectivity index is 2.08. The molecule has 5 heteroatoms. The number of nitrogens with two attached hydrogens (primary N) is 1. The van der Waals surface area contributed by atoms with Gasteiger partial charge in [-0.05, 0) is 37.5 Å². The van der Waals surface area contributed by atoms with E-state index < -0.39 is 0 Å². The number of hydrogen-bond donors (Lipinski definition) is 1. The number of anilines is 3. The lowest BCUT2D eigenvalue weighted by Crippen LogP contribution is -2.19. The molecule has 1 aromatic heterocycles. The maximum absolute atomic E-state index is 13.5. The van der Waals surface area contributed by atoms with Gasteiger partial charge < -0.3 is 10.6 Å². The first-order chi connectivity index (χ1) is 10.1. The molecule has 0 atom stereocenters. The fourth-order valence-electron chi connectivity index (χ4n) is 2.74. The third kappa shape index (κ3) is 2.44. The van der Waals surface area contributed by atoms with Gasteiger partial charge in [-0.25, -0.2) is 14.4 Å². The average molecular weight is 286 g/mol. The Labute approximate surface area is 123 Å². The van der Waals surface area contributed by atoms with Gasteiger partial charge in [0.1, 0.15) is 23.3 Å². The number of aryl methyl sites for hydroxylation is 1. The van der Waals surface area contributed by atoms with Gasteiger partial charge in [-0.1, -0.05) is 13.0 Å². The van der Waals surface area contributed by atoms with Crippen molar-refractivity contribution in [1.29, 1.82) is 0 Å². The molecule has 1 aliphatic heterocycles. The second kappa shape index (κ2) is 5.31. The molecule has 0 saturated heterocycles. The Bertz CT molecular complexity index is 684. The van der Waals surface area contributed by atoms with Gasteiger partial charge in [0.25, 0.3) is 0 Å². The lowest BCUT2D eigenvalue weighted by Gasteiger charge is -2.21. The van der Waals surface area contributed by atoms with Crippen molar-refractivity contribution in [2.75, 3.05) is 17.2 Å². The van der Waals surface area contributed by atoms with Crippen molar-refractivity contribution in [2.24, 2.45) is 0 Å². The summed E-state index contributed by atoms with van der Waals surface area (Å²) in [5, 5.41) is 0. The van der Waals surface area contributed by atoms with Gasteiger partial charge in [0, 0.05) is 24.2 Å². The number of nitrogen functional groups attached to an aromatic ring is 1. The lowest BCUT2D eigenvalue weighted by atomic mass is 10.1. The summed E-state index contributed by atoms with van der Waals surface area (Å²) in [4.78, 5) is 11.0. The van der Waals surface area contributed by atoms with Crippen LogP contribution >= 0.6 is 0 Å². The van der Waals surface area contributed by atoms with E-state index in [0.717, 1.165) is 54.3 Å². The number of benzene rings is 1. The second-order valence-corrected chi connectivity index (χ2v) is 5.40. The topological polar surface area (TPSA) is 55.0 Å². The van der Waals surface area contributed by atoms with Crippen LogP contribution in [0.5, 0.6) is 0 Å². The van der Waals surface area contributed by atoms with E-state index in [-0.39, 0.29) is 5.82 Å². The normalized spacial score (nSPS) is 13.6. The SMILES string of the molecule is CCCc1nc(N)c(C)c(N2CCc3ccc(F)cc32)n1. The molecule has 0 aliphatic carbocycles. The summed E-state index contributed by atoms with van der Waals surface area (Å²) in [5.41, 5.74) is 8.90. The molecule has 0 fully saturated rings. The number of hydrogen-bond acceptors (Lipinski definition) is 4. The zero-order valence-electron chi connectivity index (χ0n) is 12.4. The molecule has 0 unspecified atom stereocenters. The molecule has 1 aromatic carbocycles. The van der Waals surface area contributed by atoms with Crippen LogP contribution in [0.4, 0.5) is 21.7 Å². The molecule has 2 aromatic rings. The third-order valence-corrected chi connectivity index (χ3v) is 3.88. The first-order valence-electron chi connectivity index (χ1n) is 7.29. The Hall–Kier alpha value is -2.17. The van der Waals surface area contributed by atoms with Crippen LogP contribution in [0.2, 0.25) is 0 Å². The van der Waals surface area contributed by atoms with Gasteiger partial charge in [0.2, 0.25) is 0 Å². The van der Waals surface area contributed by atoms with Crippen LogP contribution in [0.1, 0.15) is 30.3 Å². The standard InChI is InChI=1S/C16H19FN4/c1-3-4-14-19-15(18)10(2)16(20-14)21-8-7-11-5-6-12(17)9-13(11)21/h5-6,9H,3-4,7-8H2,1-2H3,(H2,18,19,20). The van der Waals surface area contributed by atoms with Crippen LogP contribution in [0, 0.1) is 12.7 Å². The summed E-state index contributed by atoms with van der Waals surface area (Å²) in [6, 6.07) is 4.92. The molecule has 3 rings (SSSR count). The minimum Gasteiger partial charge on any atom is -0.383 e. The number of aromatic nitrogens is 2. The maximum Gasteiger partial charge on any atom is 0.141 e. The summed E-state index contributed by atoms with van der Waals surface area (Å²) in [5.74, 6) is 1.83. The summed E-state index contributed by atoms with van der Waals surface area (Å²) in [6.45, 7) is 4.79. The molecule has 0 amide bonds. The average Bonchev–Trinajstić information content (AvgIpc) is 2.86. The molecule has 110 valence electrons. The summed E-state index contributed by atoms with van der Waals surface area (Å²) in [7, 11) is 0. The Morgan fingerprint density at radius 2 is 2.14 bits per heavy atom. The van der Waals surface area contributed by atoms with E-state index in [2.05, 4.69) is 16.9 Å². The highest BCUT2D eigenvalue weighted by molar-refractivity contribution is 5.71. The molecular weight excluding hydrogens is 267 g/mol. The predicted molar refractivity (Wildman–Crippen MR) is 82.3 cm³/mol. The van der Waals surface area contributed by atoms with Crippen LogP contribution in [0.3, 0.4) is 0 Å². The molecular formula is C16H19FN4. The van der Waals surface area contributed by atoms with Gasteiger partial charge in [0.15, 0.2) is 0 Å². The number of fused-ring (bicyclic) bond motifs is 1. The zero-order chi connectivity index (χ0) is 15.0. The fourth-order valence-corrected chi connectivity index (χ4v) is 2.74. The highest BCUT2D eigenvalue weighted by Gasteiger charge is 2.24. The molecule has 4 nitrogen and oxygen atoms in total. The zero-order valence-corrected chi connectivity index (χ0v) is 12.4. The van der Waals surface area contributed by atoms with Crippen molar-refractivity contribution in [3.63, 3.8) is 0 Å². The molecule has 1 aliphatic rings. The predicted octanol–water partition coefficient (Wildman–Crippen LogP) is 3.15. The van der Waals surface area contributed by atoms with Crippen molar-refractivity contribution in [3.05, 3.63) is 41.0 Å². The molecule has 21 heavy (non-hydrogen) atoms. The molecule has 0 spiro atoms. The smallest absolute Gasteiger partial charge is 0.141 e. The largest absolute Gasteiger partial charge is 0.383 e. The van der Waals surface area contributed by atoms with Gasteiger partial charge >= 0.3 is 0 Å². The Morgan fingerprint density at radius 1 is 1.33 bits per heavy atom. The highest BCUT2D eigenvalue weighted by atomic mass is 19.1. The maximum atomic E-state index is 13.5. The highest BCUT2D eigenvalue weighted by Crippen LogP contribution is 2.36. The fraction of sp³-hybridized carbons (Fsp3) is 0.375. The second-order valence-electron chi connectivity index (χ2n) is 5.40. The van der Waals surface area contributed by atoms with Crippen LogP contribution < -0.4 is 10.6 Å². The summed E-state index contributed by atoms with van der Waals surface area (Å²) in [6.07, 6.45) is 2.65. The number of nitrogens with zero attached hydrogens (tertiary/aromatic N) is 3. The quantitative estimate of drug-likeness (QED) is 0.941. The van der Waals surface area contributed by atoms with Crippen LogP contribution in [-0.4, -0.2) is 16.5 Å². The van der Waals surface area contributed by atoms with Gasteiger partial charge in [-0.3, -0.25) is 0 Å². The van der Waals surface area contributed by atoms with Crippen molar-refractivity contribution in [1.82, 2.24) is 9.97 Å². The number of rotatable bonds is 3. The molecule has 0 bridgehead atoms. The van der Waals surface area contributed by atoms with Crippen molar-refractivity contribution in [2.45, 2.75) is 33.1 Å². The number of halogens is 1. The van der Waals surface area contributed by atoms with Crippen molar-refractivity contribution >= 4 is 17.3 Å². The van der Waals surface area contributed by atoms with Crippen molar-refractivity contribution < 1.29 is 4.39 Å². The van der Waals surface area contributed by atoms with Gasteiger partial charge in [0.05, 0.1) is 0 Å². The van der Waals surface area contributed by atoms with E-state index >= 15 is 0 Å². The third-order valence-electron chi connectivity index (χ3n) is 3.88. The van der Waals surface area contributed by atoms with E-state index in [1.165, 1.54) is 6.07 Å². The van der Waals surface area contributed by atoms with E-state index in [0.29, 0.717) is 5.82 Å². The van der Waals surface area contributed by atoms with E-state index in [1.54, 1.807) is 6.07 Å². The minimum atomic E-state index is -0.228. The summed E-state index contributed by atoms with van der Waals surface area (Å²) >= 11 is 0. The molecule has 2 N–H and O–H groups in total. The van der Waals surface area contributed by atoms with Crippen LogP contribution in [0.15, 0.2) is 18.2 Å². The molecule has 0 radical (unpaired) electrons. The minimum absolute atomic E-state index is 0.228. The Kier molecular flexibility index (Phi) is 3.49. The van der Waals surface area contributed by atoms with Crippen LogP contribution in [0.25, 0.3) is 0 Å². The van der Waals surface area contributed by atoms with Gasteiger partial charge in [-0.15, -0.1) is 0 Å². The lowest BCUT2D eigenvalue weighted by molar-refractivity contribution is 0.628.